The summed E-state index contributed by atoms with van der Waals surface area (Å²) in [6.07, 6.45) is 0.854. The van der Waals surface area contributed by atoms with Crippen LogP contribution in [0.2, 0.25) is 4.34 Å². The third kappa shape index (κ3) is 5.05. The molecule has 0 saturated carbocycles. The third-order valence-corrected chi connectivity index (χ3v) is 9.00. The normalized spacial score (nSPS) is 15.4. The number of hydrogen-bond acceptors (Lipinski definition) is 7. The van der Waals surface area contributed by atoms with Crippen LogP contribution < -0.4 is 20.1 Å². The highest BCUT2D eigenvalue weighted by Gasteiger charge is 2.24. The van der Waals surface area contributed by atoms with Gasteiger partial charge in [-0.2, -0.15) is 5.10 Å². The largest absolute Gasteiger partial charge is 0.496 e. The van der Waals surface area contributed by atoms with E-state index in [4.69, 9.17) is 16.3 Å². The Hall–Kier alpha value is -3.12. The van der Waals surface area contributed by atoms with Gasteiger partial charge in [-0.3, -0.25) is 14.2 Å². The van der Waals surface area contributed by atoms with Crippen LogP contribution in [-0.2, 0) is 27.9 Å². The molecular formula is C24H24ClN5O4S2. The third-order valence-electron chi connectivity index (χ3n) is 5.93. The van der Waals surface area contributed by atoms with Crippen molar-refractivity contribution in [3.05, 3.63) is 70.1 Å². The number of thiophene rings is 1. The number of nitrogens with zero attached hydrogens (tertiary/aromatic N) is 2. The van der Waals surface area contributed by atoms with E-state index in [0.29, 0.717) is 34.1 Å². The Balaban J connectivity index is 1.42. The van der Waals surface area contributed by atoms with Gasteiger partial charge in [0.05, 0.1) is 34.9 Å². The molecule has 3 N–H and O–H groups in total. The number of aromatic nitrogens is 2. The standard InChI is InChI=1S/C24H24ClN5O4S2/c1-34-19-7-3-6-18-22(19)23(29-36(32,33)21-9-8-20(25)35-21)28-30(18)14-16-5-2-4-15(12-16)13-27-24(31)17-10-11-26-17/h2-9,12,17,26H,10-11,13-14H2,1H3,(H,27,31)(H,28,29)/t17-/m0/s1. The van der Waals surface area contributed by atoms with Gasteiger partial charge in [-0.1, -0.05) is 41.9 Å². The van der Waals surface area contributed by atoms with Crippen molar-refractivity contribution in [3.63, 3.8) is 0 Å². The molecule has 2 aromatic carbocycles. The first-order chi connectivity index (χ1) is 17.3. The monoisotopic (exact) mass is 545 g/mol. The summed E-state index contributed by atoms with van der Waals surface area (Å²) < 4.78 is 36.3. The number of carbonyl (C=O) groups excluding carboxylic acids is 1. The van der Waals surface area contributed by atoms with Crippen molar-refractivity contribution in [2.45, 2.75) is 29.8 Å². The molecule has 36 heavy (non-hydrogen) atoms. The van der Waals surface area contributed by atoms with E-state index in [0.717, 1.165) is 35.4 Å². The summed E-state index contributed by atoms with van der Waals surface area (Å²) in [5, 5.41) is 11.2. The zero-order chi connectivity index (χ0) is 25.3. The second-order valence-corrected chi connectivity index (χ2v) is 12.0. The van der Waals surface area contributed by atoms with E-state index < -0.39 is 10.0 Å². The lowest BCUT2D eigenvalue weighted by Crippen LogP contribution is -2.52. The highest BCUT2D eigenvalue weighted by atomic mass is 35.5. The molecule has 188 valence electrons. The molecule has 1 aliphatic heterocycles. The molecule has 4 aromatic rings. The maximum absolute atomic E-state index is 13.0. The first-order valence-corrected chi connectivity index (χ1v) is 13.9. The number of benzene rings is 2. The van der Waals surface area contributed by atoms with Crippen LogP contribution in [0.3, 0.4) is 0 Å². The number of hydrogen-bond donors (Lipinski definition) is 3. The number of halogens is 1. The summed E-state index contributed by atoms with van der Waals surface area (Å²) in [4.78, 5) is 12.1. The average Bonchev–Trinajstić information content (AvgIpc) is 3.41. The molecule has 1 saturated heterocycles. The molecule has 2 aromatic heterocycles. The van der Waals surface area contributed by atoms with Crippen LogP contribution >= 0.6 is 22.9 Å². The quantitative estimate of drug-likeness (QED) is 0.296. The summed E-state index contributed by atoms with van der Waals surface area (Å²) in [7, 11) is -2.36. The molecule has 1 aliphatic rings. The smallest absolute Gasteiger partial charge is 0.272 e. The Morgan fingerprint density at radius 1 is 1.22 bits per heavy atom. The fraction of sp³-hybridized carbons (Fsp3) is 0.250. The molecule has 1 atom stereocenters. The lowest BCUT2D eigenvalue weighted by Gasteiger charge is -2.26. The lowest BCUT2D eigenvalue weighted by molar-refractivity contribution is -0.124. The van der Waals surface area contributed by atoms with Gasteiger partial charge in [0.2, 0.25) is 5.91 Å². The van der Waals surface area contributed by atoms with Crippen molar-refractivity contribution in [1.82, 2.24) is 20.4 Å². The van der Waals surface area contributed by atoms with Crippen LogP contribution in [0.1, 0.15) is 17.5 Å². The summed E-state index contributed by atoms with van der Waals surface area (Å²) in [6, 6.07) is 16.2. The highest BCUT2D eigenvalue weighted by Crippen LogP contribution is 2.35. The van der Waals surface area contributed by atoms with Crippen LogP contribution in [0.4, 0.5) is 5.82 Å². The van der Waals surface area contributed by atoms with Crippen molar-refractivity contribution in [2.24, 2.45) is 0 Å². The van der Waals surface area contributed by atoms with Crippen molar-refractivity contribution in [2.75, 3.05) is 18.4 Å². The predicted molar refractivity (Wildman–Crippen MR) is 140 cm³/mol. The SMILES string of the molecule is COc1cccc2c1c(NS(=O)(=O)c1ccc(Cl)s1)nn2Cc1cccc(CNC(=O)[C@@H]2CCN2)c1. The molecule has 3 heterocycles. The van der Waals surface area contributed by atoms with Crippen molar-refractivity contribution in [3.8, 4) is 5.75 Å². The van der Waals surface area contributed by atoms with E-state index in [-0.39, 0.29) is 22.0 Å². The van der Waals surface area contributed by atoms with E-state index in [9.17, 15) is 13.2 Å². The Morgan fingerprint density at radius 2 is 2.00 bits per heavy atom. The van der Waals surface area contributed by atoms with E-state index in [1.54, 1.807) is 10.7 Å². The van der Waals surface area contributed by atoms with Gasteiger partial charge in [-0.15, -0.1) is 11.3 Å². The second-order valence-electron chi connectivity index (χ2n) is 8.36. The Bertz CT molecular complexity index is 1530. The minimum atomic E-state index is -3.89. The number of amides is 1. The van der Waals surface area contributed by atoms with Crippen LogP contribution in [0.25, 0.3) is 10.9 Å². The van der Waals surface area contributed by atoms with Gasteiger partial charge in [0.15, 0.2) is 5.82 Å². The number of nitrogens with one attached hydrogen (secondary N) is 3. The molecule has 0 unspecified atom stereocenters. The lowest BCUT2D eigenvalue weighted by atomic mass is 10.1. The molecule has 12 heteroatoms. The first-order valence-electron chi connectivity index (χ1n) is 11.2. The summed E-state index contributed by atoms with van der Waals surface area (Å²) in [5.41, 5.74) is 2.63. The number of fused-ring (bicyclic) bond motifs is 1. The van der Waals surface area contributed by atoms with E-state index in [2.05, 4.69) is 20.5 Å². The second kappa shape index (κ2) is 10.1. The van der Waals surface area contributed by atoms with E-state index >= 15 is 0 Å². The number of sulfonamides is 1. The molecule has 1 amide bonds. The Labute approximate surface area is 217 Å². The minimum Gasteiger partial charge on any atom is -0.496 e. The molecular weight excluding hydrogens is 522 g/mol. The molecule has 5 rings (SSSR count). The molecule has 9 nitrogen and oxygen atoms in total. The minimum absolute atomic E-state index is 0.000715. The van der Waals surface area contributed by atoms with E-state index in [1.165, 1.54) is 19.2 Å². The fourth-order valence-electron chi connectivity index (χ4n) is 4.01. The number of ether oxygens (including phenoxy) is 1. The zero-order valence-corrected chi connectivity index (χ0v) is 21.7. The van der Waals surface area contributed by atoms with Crippen LogP contribution in [0, 0.1) is 0 Å². The number of rotatable bonds is 9. The number of anilines is 1. The van der Waals surface area contributed by atoms with Gasteiger partial charge >= 0.3 is 0 Å². The molecule has 0 bridgehead atoms. The van der Waals surface area contributed by atoms with Crippen LogP contribution in [0.5, 0.6) is 5.75 Å². The van der Waals surface area contributed by atoms with Crippen molar-refractivity contribution < 1.29 is 17.9 Å². The van der Waals surface area contributed by atoms with Gasteiger partial charge in [0.25, 0.3) is 10.0 Å². The van der Waals surface area contributed by atoms with Crippen molar-refractivity contribution >= 4 is 55.6 Å². The van der Waals surface area contributed by atoms with Gasteiger partial charge in [0, 0.05) is 6.54 Å². The van der Waals surface area contributed by atoms with Gasteiger partial charge in [-0.05, 0) is 48.4 Å². The maximum atomic E-state index is 13.0. The van der Waals surface area contributed by atoms with E-state index in [1.807, 2.05) is 36.4 Å². The van der Waals surface area contributed by atoms with Gasteiger partial charge < -0.3 is 15.4 Å². The molecule has 0 radical (unpaired) electrons. The molecule has 0 aliphatic carbocycles. The van der Waals surface area contributed by atoms with Gasteiger partial charge in [0.1, 0.15) is 9.96 Å². The maximum Gasteiger partial charge on any atom is 0.272 e. The average molecular weight is 546 g/mol. The number of carbonyl (C=O) groups is 1. The highest BCUT2D eigenvalue weighted by molar-refractivity contribution is 7.94. The van der Waals surface area contributed by atoms with Crippen LogP contribution in [-0.4, -0.2) is 43.8 Å². The van der Waals surface area contributed by atoms with Crippen LogP contribution in [0.15, 0.2) is 58.8 Å². The van der Waals surface area contributed by atoms with Crippen molar-refractivity contribution in [1.29, 1.82) is 0 Å². The number of methoxy groups -OCH3 is 1. The Morgan fingerprint density at radius 3 is 2.69 bits per heavy atom. The summed E-state index contributed by atoms with van der Waals surface area (Å²) >= 11 is 6.91. The summed E-state index contributed by atoms with van der Waals surface area (Å²) in [6.45, 7) is 1.69. The molecule has 1 fully saturated rings. The summed E-state index contributed by atoms with van der Waals surface area (Å²) in [5.74, 6) is 0.672. The Kier molecular flexibility index (Phi) is 6.89. The predicted octanol–water partition coefficient (Wildman–Crippen LogP) is 3.59. The fourth-order valence-corrected chi connectivity index (χ4v) is 6.51. The topological polar surface area (TPSA) is 114 Å². The molecule has 0 spiro atoms. The van der Waals surface area contributed by atoms with Gasteiger partial charge in [-0.25, -0.2) is 8.42 Å². The zero-order valence-electron chi connectivity index (χ0n) is 19.3. The first kappa shape index (κ1) is 24.6.